The SMILES string of the molecule is Cc1ccc[n+](CCCC[C@H](NC(=O)OC(C)(C)C)C(=O)OC(C)(C)C)c1. The molecule has 6 heteroatoms. The van der Waals surface area contributed by atoms with Crippen molar-refractivity contribution in [1.29, 1.82) is 0 Å². The minimum Gasteiger partial charge on any atom is -0.458 e. The van der Waals surface area contributed by atoms with Crippen LogP contribution in [-0.2, 0) is 20.8 Å². The van der Waals surface area contributed by atoms with E-state index in [0.29, 0.717) is 6.42 Å². The maximum Gasteiger partial charge on any atom is 0.408 e. The number of esters is 1. The van der Waals surface area contributed by atoms with Gasteiger partial charge in [-0.1, -0.05) is 0 Å². The molecule has 0 fully saturated rings. The summed E-state index contributed by atoms with van der Waals surface area (Å²) in [5.74, 6) is -0.434. The van der Waals surface area contributed by atoms with Crippen molar-refractivity contribution >= 4 is 12.1 Å². The Kier molecular flexibility index (Phi) is 8.25. The van der Waals surface area contributed by atoms with Gasteiger partial charge in [-0.25, -0.2) is 14.2 Å². The van der Waals surface area contributed by atoms with Gasteiger partial charge in [0.2, 0.25) is 0 Å². The molecule has 1 aromatic heterocycles. The third-order valence-corrected chi connectivity index (χ3v) is 3.55. The first-order chi connectivity index (χ1) is 12.4. The van der Waals surface area contributed by atoms with Crippen molar-refractivity contribution in [1.82, 2.24) is 5.32 Å². The van der Waals surface area contributed by atoms with Crippen molar-refractivity contribution in [3.05, 3.63) is 30.1 Å². The van der Waals surface area contributed by atoms with Crippen LogP contribution in [0.15, 0.2) is 24.5 Å². The van der Waals surface area contributed by atoms with Gasteiger partial charge in [0.1, 0.15) is 23.8 Å². The first-order valence-electron chi connectivity index (χ1n) is 9.54. The molecule has 1 atom stereocenters. The van der Waals surface area contributed by atoms with Crippen molar-refractivity contribution in [3.8, 4) is 0 Å². The zero-order valence-corrected chi connectivity index (χ0v) is 17.8. The van der Waals surface area contributed by atoms with Crippen LogP contribution >= 0.6 is 0 Å². The molecule has 0 aliphatic rings. The van der Waals surface area contributed by atoms with E-state index in [4.69, 9.17) is 9.47 Å². The average molecular weight is 380 g/mol. The Morgan fingerprint density at radius 2 is 1.70 bits per heavy atom. The van der Waals surface area contributed by atoms with Crippen LogP contribution in [-0.4, -0.2) is 29.3 Å². The smallest absolute Gasteiger partial charge is 0.408 e. The molecule has 152 valence electrons. The van der Waals surface area contributed by atoms with E-state index in [0.717, 1.165) is 19.4 Å². The van der Waals surface area contributed by atoms with E-state index in [-0.39, 0.29) is 0 Å². The summed E-state index contributed by atoms with van der Waals surface area (Å²) in [5, 5.41) is 2.66. The number of carbonyl (C=O) groups is 2. The number of nitrogens with one attached hydrogen (secondary N) is 1. The fourth-order valence-corrected chi connectivity index (χ4v) is 2.51. The Bertz CT molecular complexity index is 630. The van der Waals surface area contributed by atoms with Crippen molar-refractivity contribution < 1.29 is 23.6 Å². The van der Waals surface area contributed by atoms with Gasteiger partial charge in [-0.2, -0.15) is 0 Å². The fourth-order valence-electron chi connectivity index (χ4n) is 2.51. The lowest BCUT2D eigenvalue weighted by Crippen LogP contribution is -2.46. The summed E-state index contributed by atoms with van der Waals surface area (Å²) in [4.78, 5) is 24.6. The number of ether oxygens (including phenoxy) is 2. The van der Waals surface area contributed by atoms with Crippen LogP contribution in [0.5, 0.6) is 0 Å². The van der Waals surface area contributed by atoms with Crippen molar-refractivity contribution in [2.45, 2.75) is 91.5 Å². The van der Waals surface area contributed by atoms with E-state index in [1.807, 2.05) is 33.0 Å². The minimum absolute atomic E-state index is 0.434. The second-order valence-electron chi connectivity index (χ2n) is 8.85. The number of nitrogens with zero attached hydrogens (tertiary/aromatic N) is 1. The Morgan fingerprint density at radius 3 is 2.26 bits per heavy atom. The predicted octanol–water partition coefficient (Wildman–Crippen LogP) is 3.69. The summed E-state index contributed by atoms with van der Waals surface area (Å²) in [7, 11) is 0. The van der Waals surface area contributed by atoms with Gasteiger partial charge in [0.05, 0.1) is 0 Å². The number of aromatic nitrogens is 1. The summed E-state index contributed by atoms with van der Waals surface area (Å²) in [6.07, 6.45) is 5.68. The van der Waals surface area contributed by atoms with E-state index in [1.165, 1.54) is 5.56 Å². The number of aryl methyl sites for hydroxylation is 2. The summed E-state index contributed by atoms with van der Waals surface area (Å²) in [5.41, 5.74) is -0.0251. The molecule has 0 spiro atoms. The molecule has 0 saturated carbocycles. The fraction of sp³-hybridized carbons (Fsp3) is 0.667. The molecule has 1 N–H and O–H groups in total. The molecule has 1 rings (SSSR count). The van der Waals surface area contributed by atoms with Crippen LogP contribution < -0.4 is 9.88 Å². The van der Waals surface area contributed by atoms with Crippen molar-refractivity contribution in [3.63, 3.8) is 0 Å². The quantitative estimate of drug-likeness (QED) is 0.446. The maximum absolute atomic E-state index is 12.5. The highest BCUT2D eigenvalue weighted by Crippen LogP contribution is 2.13. The van der Waals surface area contributed by atoms with Gasteiger partial charge in [-0.15, -0.1) is 0 Å². The van der Waals surface area contributed by atoms with Crippen molar-refractivity contribution in [2.75, 3.05) is 0 Å². The van der Waals surface area contributed by atoms with Gasteiger partial charge in [0.15, 0.2) is 12.4 Å². The van der Waals surface area contributed by atoms with Crippen LogP contribution in [0.1, 0.15) is 66.4 Å². The number of unbranched alkanes of at least 4 members (excludes halogenated alkanes) is 1. The third-order valence-electron chi connectivity index (χ3n) is 3.55. The highest BCUT2D eigenvalue weighted by Gasteiger charge is 2.28. The molecule has 0 aromatic carbocycles. The zero-order chi connectivity index (χ0) is 20.7. The van der Waals surface area contributed by atoms with Gasteiger partial charge in [0, 0.05) is 18.1 Å². The standard InChI is InChI=1S/C21H34N2O4/c1-16-11-10-14-23(15-16)13-9-8-12-17(18(24)26-20(2,3)4)22-19(25)27-21(5,6)7/h10-11,14-15,17H,8-9,12-13H2,1-7H3/p+1/t17-/m0/s1. The van der Waals surface area contributed by atoms with Gasteiger partial charge in [-0.3, -0.25) is 0 Å². The molecule has 1 heterocycles. The molecule has 0 aliphatic heterocycles. The van der Waals surface area contributed by atoms with E-state index in [2.05, 4.69) is 29.1 Å². The average Bonchev–Trinajstić information content (AvgIpc) is 2.46. The predicted molar refractivity (Wildman–Crippen MR) is 104 cm³/mol. The lowest BCUT2D eigenvalue weighted by molar-refractivity contribution is -0.697. The molecule has 1 aromatic rings. The summed E-state index contributed by atoms with van der Waals surface area (Å²) in [6.45, 7) is 13.7. The lowest BCUT2D eigenvalue weighted by atomic mass is 10.1. The summed E-state index contributed by atoms with van der Waals surface area (Å²) in [6, 6.07) is 3.35. The van der Waals surface area contributed by atoms with Gasteiger partial charge in [0.25, 0.3) is 0 Å². The Labute approximate surface area is 163 Å². The largest absolute Gasteiger partial charge is 0.458 e. The molecule has 0 unspecified atom stereocenters. The Morgan fingerprint density at radius 1 is 1.07 bits per heavy atom. The molecule has 0 radical (unpaired) electrons. The number of rotatable bonds is 7. The molecule has 0 saturated heterocycles. The van der Waals surface area contributed by atoms with Crippen LogP contribution in [0, 0.1) is 6.92 Å². The highest BCUT2D eigenvalue weighted by atomic mass is 16.6. The Hall–Kier alpha value is -2.11. The normalized spacial score (nSPS) is 13.0. The summed E-state index contributed by atoms with van der Waals surface area (Å²) >= 11 is 0. The summed E-state index contributed by atoms with van der Waals surface area (Å²) < 4.78 is 12.8. The van der Waals surface area contributed by atoms with Gasteiger partial charge < -0.3 is 14.8 Å². The van der Waals surface area contributed by atoms with E-state index in [9.17, 15) is 9.59 Å². The number of hydrogen-bond donors (Lipinski definition) is 1. The number of pyridine rings is 1. The first-order valence-corrected chi connectivity index (χ1v) is 9.54. The van der Waals surface area contributed by atoms with Crippen molar-refractivity contribution in [2.24, 2.45) is 0 Å². The third kappa shape index (κ3) is 10.6. The number of hydrogen-bond acceptors (Lipinski definition) is 4. The topological polar surface area (TPSA) is 68.5 Å². The van der Waals surface area contributed by atoms with Gasteiger partial charge in [-0.05, 0) is 67.4 Å². The molecule has 1 amide bonds. The van der Waals surface area contributed by atoms with Gasteiger partial charge >= 0.3 is 12.1 Å². The minimum atomic E-state index is -0.721. The van der Waals surface area contributed by atoms with Crippen LogP contribution in [0.2, 0.25) is 0 Å². The first kappa shape index (κ1) is 22.9. The van der Waals surface area contributed by atoms with Crippen LogP contribution in [0.4, 0.5) is 4.79 Å². The number of amides is 1. The second-order valence-corrected chi connectivity index (χ2v) is 8.85. The number of carbonyl (C=O) groups excluding carboxylic acids is 2. The molecule has 0 aliphatic carbocycles. The molecular weight excluding hydrogens is 344 g/mol. The van der Waals surface area contributed by atoms with Crippen LogP contribution in [0.3, 0.4) is 0 Å². The maximum atomic E-state index is 12.5. The highest BCUT2D eigenvalue weighted by molar-refractivity contribution is 5.81. The molecule has 27 heavy (non-hydrogen) atoms. The second kappa shape index (κ2) is 9.72. The molecule has 6 nitrogen and oxygen atoms in total. The Balaban J connectivity index is 2.61. The lowest BCUT2D eigenvalue weighted by Gasteiger charge is -2.26. The molecule has 0 bridgehead atoms. The molecular formula is C21H35N2O4+. The zero-order valence-electron chi connectivity index (χ0n) is 17.8. The van der Waals surface area contributed by atoms with E-state index >= 15 is 0 Å². The van der Waals surface area contributed by atoms with E-state index < -0.39 is 29.3 Å². The number of alkyl carbamates (subject to hydrolysis) is 1. The monoisotopic (exact) mass is 379 g/mol. The van der Waals surface area contributed by atoms with E-state index in [1.54, 1.807) is 20.8 Å². The van der Waals surface area contributed by atoms with Crippen LogP contribution in [0.25, 0.3) is 0 Å².